The van der Waals surface area contributed by atoms with Crippen LogP contribution in [0.4, 0.5) is 0 Å². The Bertz CT molecular complexity index is 896. The van der Waals surface area contributed by atoms with Gasteiger partial charge in [-0.1, -0.05) is 37.0 Å². The van der Waals surface area contributed by atoms with E-state index in [0.717, 1.165) is 48.0 Å². The first-order valence-corrected chi connectivity index (χ1v) is 8.38. The molecule has 134 valence electrons. The summed E-state index contributed by atoms with van der Waals surface area (Å²) in [6.45, 7) is 6.03. The lowest BCUT2D eigenvalue weighted by molar-refractivity contribution is 0.373. The molecule has 3 aromatic heterocycles. The molecule has 1 fully saturated rings. The molecule has 1 aliphatic rings. The highest BCUT2D eigenvalue weighted by Crippen LogP contribution is 2.37. The number of halogens is 1. The van der Waals surface area contributed by atoms with Gasteiger partial charge in [-0.2, -0.15) is 4.98 Å². The summed E-state index contributed by atoms with van der Waals surface area (Å²) in [7, 11) is 0. The molecular formula is C17H22ClN5O2. The summed E-state index contributed by atoms with van der Waals surface area (Å²) in [4.78, 5) is 9.14. The molecule has 1 aliphatic carbocycles. The molecular weight excluding hydrogens is 342 g/mol. The first-order chi connectivity index (χ1) is 11.5. The van der Waals surface area contributed by atoms with Crippen molar-refractivity contribution in [1.29, 1.82) is 0 Å². The van der Waals surface area contributed by atoms with Crippen molar-refractivity contribution in [1.82, 2.24) is 20.3 Å². The largest absolute Gasteiger partial charge is 0.336 e. The minimum Gasteiger partial charge on any atom is -0.336 e. The van der Waals surface area contributed by atoms with E-state index in [0.29, 0.717) is 17.4 Å². The van der Waals surface area contributed by atoms with E-state index < -0.39 is 5.54 Å². The number of rotatable bonds is 3. The summed E-state index contributed by atoms with van der Waals surface area (Å²) in [5.74, 6) is 1.28. The molecule has 0 amide bonds. The standard InChI is InChI=1S/C17H21N5O2.ClH/c1-9(2)12-8-11(13-10(3)21-24-15(13)19-12)14-20-16(22-23-14)17(18)6-4-5-7-17;/h8-9H,4-7,18H2,1-3H3;1H. The van der Waals surface area contributed by atoms with Crippen molar-refractivity contribution >= 4 is 23.5 Å². The second-order valence-electron chi connectivity index (χ2n) is 6.98. The number of aryl methyl sites for hydroxylation is 1. The maximum atomic E-state index is 6.44. The first-order valence-electron chi connectivity index (χ1n) is 8.38. The van der Waals surface area contributed by atoms with E-state index in [1.807, 2.05) is 13.0 Å². The van der Waals surface area contributed by atoms with Crippen LogP contribution in [-0.4, -0.2) is 20.3 Å². The minimum atomic E-state index is -0.474. The van der Waals surface area contributed by atoms with Gasteiger partial charge in [-0.05, 0) is 31.7 Å². The lowest BCUT2D eigenvalue weighted by Gasteiger charge is -2.17. The Morgan fingerprint density at radius 3 is 2.52 bits per heavy atom. The highest BCUT2D eigenvalue weighted by atomic mass is 35.5. The second-order valence-corrected chi connectivity index (χ2v) is 6.98. The van der Waals surface area contributed by atoms with Crippen molar-refractivity contribution in [2.45, 2.75) is 57.9 Å². The molecule has 0 radical (unpaired) electrons. The van der Waals surface area contributed by atoms with Crippen LogP contribution >= 0.6 is 12.4 Å². The molecule has 0 unspecified atom stereocenters. The third-order valence-corrected chi connectivity index (χ3v) is 4.83. The molecule has 0 spiro atoms. The van der Waals surface area contributed by atoms with Crippen molar-refractivity contribution in [3.05, 3.63) is 23.3 Å². The van der Waals surface area contributed by atoms with Gasteiger partial charge in [0.25, 0.3) is 11.6 Å². The average Bonchev–Trinajstić information content (AvgIpc) is 3.27. The molecule has 8 heteroatoms. The van der Waals surface area contributed by atoms with E-state index in [4.69, 9.17) is 14.8 Å². The van der Waals surface area contributed by atoms with Gasteiger partial charge in [-0.3, -0.25) is 0 Å². The molecule has 0 aliphatic heterocycles. The third kappa shape index (κ3) is 2.91. The van der Waals surface area contributed by atoms with Crippen molar-refractivity contribution in [3.8, 4) is 11.5 Å². The van der Waals surface area contributed by atoms with Gasteiger partial charge >= 0.3 is 0 Å². The number of nitrogens with two attached hydrogens (primary N) is 1. The number of pyridine rings is 1. The van der Waals surface area contributed by atoms with E-state index in [1.54, 1.807) is 0 Å². The number of nitrogens with zero attached hydrogens (tertiary/aromatic N) is 4. The molecule has 0 saturated heterocycles. The minimum absolute atomic E-state index is 0. The van der Waals surface area contributed by atoms with Crippen LogP contribution in [-0.2, 0) is 5.54 Å². The molecule has 25 heavy (non-hydrogen) atoms. The molecule has 3 aromatic rings. The number of fused-ring (bicyclic) bond motifs is 1. The number of aromatic nitrogens is 4. The van der Waals surface area contributed by atoms with Gasteiger partial charge in [0.15, 0.2) is 5.82 Å². The average molecular weight is 364 g/mol. The zero-order valence-corrected chi connectivity index (χ0v) is 15.4. The summed E-state index contributed by atoms with van der Waals surface area (Å²) >= 11 is 0. The number of hydrogen-bond donors (Lipinski definition) is 1. The fourth-order valence-electron chi connectivity index (χ4n) is 3.34. The van der Waals surface area contributed by atoms with Gasteiger partial charge in [0.2, 0.25) is 0 Å². The van der Waals surface area contributed by atoms with Gasteiger partial charge in [-0.25, -0.2) is 4.98 Å². The van der Waals surface area contributed by atoms with Crippen LogP contribution in [0.2, 0.25) is 0 Å². The molecule has 0 atom stereocenters. The Labute approximate surface area is 151 Å². The van der Waals surface area contributed by atoms with Gasteiger partial charge in [-0.15, -0.1) is 12.4 Å². The first kappa shape index (κ1) is 17.8. The van der Waals surface area contributed by atoms with Crippen LogP contribution in [0.5, 0.6) is 0 Å². The molecule has 0 bridgehead atoms. The van der Waals surface area contributed by atoms with Crippen molar-refractivity contribution in [2.75, 3.05) is 0 Å². The summed E-state index contributed by atoms with van der Waals surface area (Å²) in [6, 6.07) is 1.98. The van der Waals surface area contributed by atoms with E-state index in [9.17, 15) is 0 Å². The fraction of sp³-hybridized carbons (Fsp3) is 0.529. The predicted octanol–water partition coefficient (Wildman–Crippen LogP) is 3.85. The van der Waals surface area contributed by atoms with E-state index in [-0.39, 0.29) is 18.3 Å². The summed E-state index contributed by atoms with van der Waals surface area (Å²) in [5, 5.41) is 9.00. The smallest absolute Gasteiger partial charge is 0.259 e. The molecule has 0 aromatic carbocycles. The Balaban J connectivity index is 0.00000182. The molecule has 2 N–H and O–H groups in total. The maximum absolute atomic E-state index is 6.44. The van der Waals surface area contributed by atoms with E-state index in [2.05, 4.69) is 34.1 Å². The third-order valence-electron chi connectivity index (χ3n) is 4.83. The van der Waals surface area contributed by atoms with Crippen LogP contribution in [0, 0.1) is 6.92 Å². The van der Waals surface area contributed by atoms with Crippen molar-refractivity contribution in [2.24, 2.45) is 5.73 Å². The van der Waals surface area contributed by atoms with Crippen LogP contribution in [0.1, 0.15) is 62.7 Å². The molecule has 1 saturated carbocycles. The Morgan fingerprint density at radius 1 is 1.12 bits per heavy atom. The zero-order valence-electron chi connectivity index (χ0n) is 14.6. The van der Waals surface area contributed by atoms with Crippen LogP contribution in [0.3, 0.4) is 0 Å². The quantitative estimate of drug-likeness (QED) is 0.753. The summed E-state index contributed by atoms with van der Waals surface area (Å²) in [5.41, 5.74) is 8.93. The Kier molecular flexibility index (Phi) is 4.55. The van der Waals surface area contributed by atoms with Gasteiger partial charge in [0.05, 0.1) is 22.2 Å². The SMILES string of the molecule is Cc1noc2nc(C(C)C)cc(-c3nc(C4(N)CCCC4)no3)c12.Cl. The van der Waals surface area contributed by atoms with Crippen LogP contribution in [0.15, 0.2) is 15.1 Å². The Morgan fingerprint density at radius 2 is 1.84 bits per heavy atom. The maximum Gasteiger partial charge on any atom is 0.259 e. The van der Waals surface area contributed by atoms with E-state index >= 15 is 0 Å². The molecule has 3 heterocycles. The summed E-state index contributed by atoms with van der Waals surface area (Å²) < 4.78 is 10.9. The topological polar surface area (TPSA) is 104 Å². The fourth-order valence-corrected chi connectivity index (χ4v) is 3.34. The Hall–Kier alpha value is -1.99. The highest BCUT2D eigenvalue weighted by molar-refractivity contribution is 5.91. The summed E-state index contributed by atoms with van der Waals surface area (Å²) in [6.07, 6.45) is 3.98. The monoisotopic (exact) mass is 363 g/mol. The van der Waals surface area contributed by atoms with E-state index in [1.165, 1.54) is 0 Å². The normalized spacial score (nSPS) is 16.5. The van der Waals surface area contributed by atoms with Gasteiger partial charge < -0.3 is 14.8 Å². The molecule has 7 nitrogen and oxygen atoms in total. The van der Waals surface area contributed by atoms with Crippen LogP contribution in [0.25, 0.3) is 22.6 Å². The molecule has 4 rings (SSSR count). The van der Waals surface area contributed by atoms with Crippen molar-refractivity contribution in [3.63, 3.8) is 0 Å². The van der Waals surface area contributed by atoms with Crippen LogP contribution < -0.4 is 5.73 Å². The second kappa shape index (κ2) is 6.38. The highest BCUT2D eigenvalue weighted by Gasteiger charge is 2.36. The number of hydrogen-bond acceptors (Lipinski definition) is 7. The van der Waals surface area contributed by atoms with Gasteiger partial charge in [0, 0.05) is 5.69 Å². The van der Waals surface area contributed by atoms with Gasteiger partial charge in [0.1, 0.15) is 0 Å². The zero-order chi connectivity index (χ0) is 16.9. The predicted molar refractivity (Wildman–Crippen MR) is 95.5 cm³/mol. The van der Waals surface area contributed by atoms with Crippen molar-refractivity contribution < 1.29 is 9.05 Å². The lowest BCUT2D eigenvalue weighted by Crippen LogP contribution is -2.34. The lowest BCUT2D eigenvalue weighted by atomic mass is 9.98.